The minimum atomic E-state index is -0.947. The molecule has 13 heteroatoms. The fourth-order valence-electron chi connectivity index (χ4n) is 11.5. The quantitative estimate of drug-likeness (QED) is 0.211. The largest absolute Gasteiger partial charge is 0.394 e. The molecule has 8 aliphatic rings. The Balaban J connectivity index is 0.000000158. The van der Waals surface area contributed by atoms with E-state index in [4.69, 9.17) is 25.2 Å². The highest BCUT2D eigenvalue weighted by Gasteiger charge is 2.67. The Hall–Kier alpha value is -5.63. The Kier molecular flexibility index (Phi) is 12.9. The van der Waals surface area contributed by atoms with Gasteiger partial charge in [0.05, 0.1) is 18.6 Å². The van der Waals surface area contributed by atoms with Crippen LogP contribution in [0.1, 0.15) is 138 Å². The number of aliphatic imine (C=N–C) groups is 2. The van der Waals surface area contributed by atoms with E-state index in [0.717, 1.165) is 86.5 Å². The first-order chi connectivity index (χ1) is 31.5. The molecule has 2 atom stereocenters. The normalized spacial score (nSPS) is 30.0. The van der Waals surface area contributed by atoms with Crippen molar-refractivity contribution in [3.63, 3.8) is 0 Å². The molecule has 0 radical (unpaired) electrons. The molecular formula is C53H63N5O8. The van der Waals surface area contributed by atoms with Gasteiger partial charge in [0.15, 0.2) is 17.0 Å². The maximum Gasteiger partial charge on any atom is 0.310 e. The highest BCUT2D eigenvalue weighted by molar-refractivity contribution is 6.14. The second-order valence-electron chi connectivity index (χ2n) is 19.7. The number of ether oxygens (including phenoxy) is 3. The van der Waals surface area contributed by atoms with Gasteiger partial charge in [0.2, 0.25) is 0 Å². The molecule has 0 saturated heterocycles. The van der Waals surface area contributed by atoms with E-state index < -0.39 is 23.0 Å². The molecule has 4 fully saturated rings. The number of fused-ring (bicyclic) bond motifs is 6. The van der Waals surface area contributed by atoms with Crippen LogP contribution in [0.15, 0.2) is 46.4 Å². The van der Waals surface area contributed by atoms with Gasteiger partial charge in [-0.15, -0.1) is 0 Å². The minimum Gasteiger partial charge on any atom is -0.394 e. The molecule has 0 bridgehead atoms. The number of hydrogen-bond acceptors (Lipinski definition) is 11. The highest BCUT2D eigenvalue weighted by Crippen LogP contribution is 2.63. The summed E-state index contributed by atoms with van der Waals surface area (Å²) >= 11 is 0. The average molecular weight is 898 g/mol. The lowest BCUT2D eigenvalue weighted by molar-refractivity contribution is -0.156. The Bertz CT molecular complexity index is 2500. The molecule has 13 nitrogen and oxygen atoms in total. The van der Waals surface area contributed by atoms with Crippen molar-refractivity contribution in [2.24, 2.45) is 38.4 Å². The van der Waals surface area contributed by atoms with Crippen molar-refractivity contribution in [3.05, 3.63) is 69.8 Å². The van der Waals surface area contributed by atoms with Gasteiger partial charge < -0.3 is 24.8 Å². The summed E-state index contributed by atoms with van der Waals surface area (Å²) in [4.78, 5) is 72.2. The molecule has 2 amide bonds. The molecule has 4 spiro atoms. The number of rotatable bonds is 4. The maximum absolute atomic E-state index is 13.9. The molecule has 2 aromatic carbocycles. The van der Waals surface area contributed by atoms with Crippen LogP contribution in [0.5, 0.6) is 0 Å². The molecule has 2 heterocycles. The third-order valence-electron chi connectivity index (χ3n) is 15.3. The van der Waals surface area contributed by atoms with E-state index in [1.807, 2.05) is 0 Å². The van der Waals surface area contributed by atoms with Crippen molar-refractivity contribution in [2.75, 3.05) is 28.3 Å². The lowest BCUT2D eigenvalue weighted by Gasteiger charge is -2.45. The van der Waals surface area contributed by atoms with Crippen LogP contribution in [-0.4, -0.2) is 91.7 Å². The summed E-state index contributed by atoms with van der Waals surface area (Å²) in [6, 6.07) is 12.7. The Morgan fingerprint density at radius 3 is 1.44 bits per heavy atom. The minimum absolute atomic E-state index is 0.00525. The number of Topliss-reactive ketones (excluding diaryl/α,β-unsaturated/α-hetero) is 1. The first-order valence-corrected chi connectivity index (χ1v) is 23.5. The van der Waals surface area contributed by atoms with Crippen molar-refractivity contribution >= 4 is 41.3 Å². The van der Waals surface area contributed by atoms with Crippen LogP contribution in [0, 0.1) is 46.3 Å². The van der Waals surface area contributed by atoms with Gasteiger partial charge in [-0.05, 0) is 143 Å². The second kappa shape index (κ2) is 18.2. The van der Waals surface area contributed by atoms with Gasteiger partial charge in [-0.25, -0.2) is 9.98 Å². The predicted molar refractivity (Wildman–Crippen MR) is 249 cm³/mol. The molecule has 348 valence electrons. The van der Waals surface area contributed by atoms with Crippen LogP contribution in [0.4, 0.5) is 0 Å². The number of benzene rings is 2. The first kappa shape index (κ1) is 46.9. The summed E-state index contributed by atoms with van der Waals surface area (Å²) < 4.78 is 15.2. The number of likely N-dealkylation sites (N-methyl/N-ethyl adjacent to an activating group) is 2. The zero-order valence-corrected chi connectivity index (χ0v) is 39.5. The molecule has 0 aromatic heterocycles. The second-order valence-corrected chi connectivity index (χ2v) is 19.7. The lowest BCUT2D eigenvalue weighted by atomic mass is 9.61. The Morgan fingerprint density at radius 2 is 1.09 bits per heavy atom. The van der Waals surface area contributed by atoms with E-state index in [1.165, 1.54) is 55.6 Å². The third kappa shape index (κ3) is 8.50. The van der Waals surface area contributed by atoms with Crippen molar-refractivity contribution in [2.45, 2.75) is 140 Å². The molecule has 66 heavy (non-hydrogen) atoms. The smallest absolute Gasteiger partial charge is 0.310 e. The number of ketones is 1. The summed E-state index contributed by atoms with van der Waals surface area (Å²) in [7, 11) is 7.04. The fraction of sp³-hybridized carbons (Fsp3) is 0.566. The van der Waals surface area contributed by atoms with Crippen LogP contribution in [0.25, 0.3) is 0 Å². The number of carbonyl (C=O) groups is 5. The predicted octanol–water partition coefficient (Wildman–Crippen LogP) is 6.28. The number of guanidine groups is 1. The Morgan fingerprint density at radius 1 is 0.667 bits per heavy atom. The number of amidine groups is 1. The van der Waals surface area contributed by atoms with Gasteiger partial charge in [0.1, 0.15) is 11.6 Å². The summed E-state index contributed by atoms with van der Waals surface area (Å²) in [6.07, 6.45) is 14.5. The highest BCUT2D eigenvalue weighted by atomic mass is 16.6. The van der Waals surface area contributed by atoms with Gasteiger partial charge in [-0.2, -0.15) is 0 Å². The first-order valence-electron chi connectivity index (χ1n) is 23.5. The maximum atomic E-state index is 13.9. The number of carbonyl (C=O) groups excluding carboxylic acids is 5. The van der Waals surface area contributed by atoms with Gasteiger partial charge in [0, 0.05) is 76.0 Å². The standard InChI is InChI=1S/C26H30N2O3.C23H27N3O2.C4H6O3/c1-17(29)14-23-27-26(24(30)28(23)2)22-15-19(7-6-18-4-5-18)8-9-20(22)16-25(26)12-10-21(31-3)11-13-25;1-26-20(27)23(25-21(26)24)19-13-16(6-5-15-3-4-15)7-8-17(19)14-22(23)11-9-18(28-2)10-12-22;1-3(5)7-4(2)6/h8-9,15,18,21H,4-5,10-14,16H2,1-3H3;7-8,13,15,18H,3-4,9-12,14H2,1-2H3,(H2,24,25);1-2H3. The van der Waals surface area contributed by atoms with E-state index in [9.17, 15) is 24.0 Å². The van der Waals surface area contributed by atoms with Crippen LogP contribution < -0.4 is 5.73 Å². The van der Waals surface area contributed by atoms with Gasteiger partial charge in [-0.1, -0.05) is 35.8 Å². The number of nitrogens with zero attached hydrogens (tertiary/aromatic N) is 4. The van der Waals surface area contributed by atoms with E-state index in [1.54, 1.807) is 40.1 Å². The van der Waals surface area contributed by atoms with E-state index in [0.29, 0.717) is 23.6 Å². The number of hydrogen-bond donors (Lipinski definition) is 1. The number of methoxy groups -OCH3 is 2. The average Bonchev–Trinajstić information content (AvgIpc) is 4.23. The van der Waals surface area contributed by atoms with Crippen molar-refractivity contribution in [3.8, 4) is 23.7 Å². The Labute approximate surface area is 388 Å². The summed E-state index contributed by atoms with van der Waals surface area (Å²) in [5.74, 6) is 14.2. The number of esters is 2. The number of nitrogens with two attached hydrogens (primary N) is 1. The summed E-state index contributed by atoms with van der Waals surface area (Å²) in [5.41, 5.74) is 10.2. The van der Waals surface area contributed by atoms with Crippen LogP contribution in [-0.2, 0) is 62.1 Å². The van der Waals surface area contributed by atoms with Crippen LogP contribution in [0.3, 0.4) is 0 Å². The number of amides is 2. The zero-order chi connectivity index (χ0) is 47.2. The monoisotopic (exact) mass is 897 g/mol. The van der Waals surface area contributed by atoms with Crippen LogP contribution in [0.2, 0.25) is 0 Å². The molecule has 6 aliphatic carbocycles. The van der Waals surface area contributed by atoms with Crippen LogP contribution >= 0.6 is 0 Å². The molecule has 2 aliphatic heterocycles. The molecule has 4 saturated carbocycles. The van der Waals surface area contributed by atoms with E-state index in [2.05, 4.69) is 64.8 Å². The molecule has 2 aromatic rings. The summed E-state index contributed by atoms with van der Waals surface area (Å²) in [6.45, 7) is 3.92. The molecule has 2 N–H and O–H groups in total. The molecular weight excluding hydrogens is 835 g/mol. The summed E-state index contributed by atoms with van der Waals surface area (Å²) in [5, 5.41) is 0. The van der Waals surface area contributed by atoms with Gasteiger partial charge >= 0.3 is 11.9 Å². The van der Waals surface area contributed by atoms with Crippen molar-refractivity contribution in [1.29, 1.82) is 0 Å². The SMILES string of the molecule is CC(=O)OC(C)=O.COC1CCC2(CC1)Cc1ccc(C#CC3CC3)cc1C21N=C(CC(C)=O)N(C)C1=O.COC1CCC2(CC1)Cc1ccc(C#CC3CC3)cc1C21N=C(N)N(C)C1=O. The van der Waals surface area contributed by atoms with E-state index in [-0.39, 0.29) is 47.1 Å². The van der Waals surface area contributed by atoms with Crippen molar-refractivity contribution < 1.29 is 38.2 Å². The van der Waals surface area contributed by atoms with Gasteiger partial charge in [-0.3, -0.25) is 28.9 Å². The lowest BCUT2D eigenvalue weighted by Crippen LogP contribution is -2.51. The topological polar surface area (TPSA) is 170 Å². The van der Waals surface area contributed by atoms with E-state index >= 15 is 0 Å². The molecule has 10 rings (SSSR count). The fourth-order valence-corrected chi connectivity index (χ4v) is 11.5. The zero-order valence-electron chi connectivity index (χ0n) is 39.5. The molecule has 2 unspecified atom stereocenters. The third-order valence-corrected chi connectivity index (χ3v) is 15.3. The van der Waals surface area contributed by atoms with Crippen molar-refractivity contribution in [1.82, 2.24) is 9.80 Å². The van der Waals surface area contributed by atoms with Gasteiger partial charge in [0.25, 0.3) is 11.8 Å².